The summed E-state index contributed by atoms with van der Waals surface area (Å²) in [6.45, 7) is 0. The van der Waals surface area contributed by atoms with Crippen LogP contribution in [-0.2, 0) is 6.42 Å². The van der Waals surface area contributed by atoms with Crippen LogP contribution in [0.5, 0.6) is 0 Å². The van der Waals surface area contributed by atoms with Crippen LogP contribution in [-0.4, -0.2) is 22.0 Å². The predicted molar refractivity (Wildman–Crippen MR) is 66.0 cm³/mol. The van der Waals surface area contributed by atoms with Gasteiger partial charge in [0.1, 0.15) is 0 Å². The molecule has 0 saturated carbocycles. The van der Waals surface area contributed by atoms with Crippen molar-refractivity contribution in [1.29, 1.82) is 0 Å². The quantitative estimate of drug-likeness (QED) is 0.852. The van der Waals surface area contributed by atoms with Crippen molar-refractivity contribution in [2.45, 2.75) is 37.0 Å². The van der Waals surface area contributed by atoms with Crippen molar-refractivity contribution in [2.75, 3.05) is 5.75 Å². The van der Waals surface area contributed by atoms with Gasteiger partial charge in [0.15, 0.2) is 0 Å². The maximum absolute atomic E-state index is 6.22. The normalized spacial score (nSPS) is 23.7. The molecule has 1 aliphatic heterocycles. The van der Waals surface area contributed by atoms with Gasteiger partial charge in [-0.15, -0.1) is 0 Å². The molecule has 1 aromatic heterocycles. The van der Waals surface area contributed by atoms with Gasteiger partial charge >= 0.3 is 0 Å². The number of pyridine rings is 1. The summed E-state index contributed by atoms with van der Waals surface area (Å²) in [6.07, 6.45) is 6.73. The van der Waals surface area contributed by atoms with Crippen LogP contribution >= 0.6 is 11.8 Å². The van der Waals surface area contributed by atoms with E-state index in [1.165, 1.54) is 25.0 Å². The number of nitrogens with two attached hydrogens (primary N) is 1. The minimum Gasteiger partial charge on any atom is -0.326 e. The van der Waals surface area contributed by atoms with Crippen LogP contribution in [0.25, 0.3) is 0 Å². The van der Waals surface area contributed by atoms with Crippen molar-refractivity contribution in [3.63, 3.8) is 0 Å². The summed E-state index contributed by atoms with van der Waals surface area (Å²) >= 11 is 2.04. The minimum absolute atomic E-state index is 0.269. The highest BCUT2D eigenvalue weighted by Gasteiger charge is 2.21. The van der Waals surface area contributed by atoms with E-state index >= 15 is 0 Å². The maximum Gasteiger partial charge on any atom is 0.0419 e. The zero-order chi connectivity index (χ0) is 10.5. The van der Waals surface area contributed by atoms with Gasteiger partial charge in [0, 0.05) is 29.6 Å². The van der Waals surface area contributed by atoms with Crippen LogP contribution in [0.1, 0.15) is 25.0 Å². The van der Waals surface area contributed by atoms with Crippen molar-refractivity contribution in [3.8, 4) is 0 Å². The first-order valence-electron chi connectivity index (χ1n) is 5.63. The number of thioether (sulfide) groups is 1. The first-order valence-corrected chi connectivity index (χ1v) is 6.68. The summed E-state index contributed by atoms with van der Waals surface area (Å²) in [5.41, 5.74) is 7.34. The lowest BCUT2D eigenvalue weighted by molar-refractivity contribution is 0.555. The zero-order valence-corrected chi connectivity index (χ0v) is 9.75. The van der Waals surface area contributed by atoms with Crippen LogP contribution in [0, 0.1) is 0 Å². The largest absolute Gasteiger partial charge is 0.326 e. The highest BCUT2D eigenvalue weighted by Crippen LogP contribution is 2.27. The van der Waals surface area contributed by atoms with Gasteiger partial charge in [0.2, 0.25) is 0 Å². The molecule has 2 atom stereocenters. The lowest BCUT2D eigenvalue weighted by atomic mass is 10.0. The van der Waals surface area contributed by atoms with Gasteiger partial charge in [-0.25, -0.2) is 0 Å². The van der Waals surface area contributed by atoms with Crippen LogP contribution < -0.4 is 5.73 Å². The van der Waals surface area contributed by atoms with Gasteiger partial charge in [-0.2, -0.15) is 11.8 Å². The molecule has 2 heterocycles. The molecule has 0 radical (unpaired) electrons. The van der Waals surface area contributed by atoms with E-state index in [1.54, 1.807) is 0 Å². The molecule has 1 aromatic rings. The Morgan fingerprint density at radius 1 is 1.47 bits per heavy atom. The molecule has 2 unspecified atom stereocenters. The molecular weight excluding hydrogens is 204 g/mol. The van der Waals surface area contributed by atoms with E-state index in [4.69, 9.17) is 5.73 Å². The molecule has 1 fully saturated rings. The summed E-state index contributed by atoms with van der Waals surface area (Å²) in [5.74, 6) is 1.28. The van der Waals surface area contributed by atoms with E-state index in [2.05, 4.69) is 11.1 Å². The predicted octanol–water partition coefficient (Wildman–Crippen LogP) is 2.24. The topological polar surface area (TPSA) is 38.9 Å². The van der Waals surface area contributed by atoms with Gasteiger partial charge in [-0.1, -0.05) is 12.5 Å². The molecule has 1 saturated heterocycles. The minimum atomic E-state index is 0.269. The SMILES string of the molecule is NC(Cc1ccccn1)C1CCCCS1. The van der Waals surface area contributed by atoms with Gasteiger partial charge in [0.05, 0.1) is 0 Å². The van der Waals surface area contributed by atoms with Crippen LogP contribution in [0.15, 0.2) is 24.4 Å². The van der Waals surface area contributed by atoms with Gasteiger partial charge in [-0.3, -0.25) is 4.98 Å². The Labute approximate surface area is 95.7 Å². The molecule has 0 spiro atoms. The summed E-state index contributed by atoms with van der Waals surface area (Å²) in [6, 6.07) is 6.31. The van der Waals surface area contributed by atoms with Crippen LogP contribution in [0.2, 0.25) is 0 Å². The van der Waals surface area contributed by atoms with E-state index < -0.39 is 0 Å². The molecule has 0 amide bonds. The summed E-state index contributed by atoms with van der Waals surface area (Å²) in [5, 5.41) is 0.640. The van der Waals surface area contributed by atoms with Crippen molar-refractivity contribution in [1.82, 2.24) is 4.98 Å². The third-order valence-corrected chi connectivity index (χ3v) is 4.40. The standard InChI is InChI=1S/C12H18N2S/c13-11(12-6-2-4-8-15-12)9-10-5-1-3-7-14-10/h1,3,5,7,11-12H,2,4,6,8-9,13H2. The molecule has 1 aliphatic rings. The fraction of sp³-hybridized carbons (Fsp3) is 0.583. The number of rotatable bonds is 3. The highest BCUT2D eigenvalue weighted by molar-refractivity contribution is 8.00. The van der Waals surface area contributed by atoms with Crippen LogP contribution in [0.3, 0.4) is 0 Å². The highest BCUT2D eigenvalue weighted by atomic mass is 32.2. The zero-order valence-electron chi connectivity index (χ0n) is 8.93. The van der Waals surface area contributed by atoms with Crippen LogP contribution in [0.4, 0.5) is 0 Å². The first kappa shape index (κ1) is 11.0. The molecule has 2 rings (SSSR count). The van der Waals surface area contributed by atoms with Crippen molar-refractivity contribution in [2.24, 2.45) is 5.73 Å². The lowest BCUT2D eigenvalue weighted by Gasteiger charge is -2.26. The Hall–Kier alpha value is -0.540. The summed E-state index contributed by atoms with van der Waals surface area (Å²) in [7, 11) is 0. The molecule has 15 heavy (non-hydrogen) atoms. The second kappa shape index (κ2) is 5.52. The van der Waals surface area contributed by atoms with Gasteiger partial charge in [-0.05, 0) is 30.7 Å². The third-order valence-electron chi connectivity index (χ3n) is 2.86. The third kappa shape index (κ3) is 3.21. The van der Waals surface area contributed by atoms with Gasteiger partial charge < -0.3 is 5.73 Å². The number of aromatic nitrogens is 1. The molecule has 0 aliphatic carbocycles. The Morgan fingerprint density at radius 2 is 2.40 bits per heavy atom. The fourth-order valence-electron chi connectivity index (χ4n) is 2.00. The van der Waals surface area contributed by atoms with Crippen molar-refractivity contribution in [3.05, 3.63) is 30.1 Å². The number of hydrogen-bond acceptors (Lipinski definition) is 3. The molecule has 2 N–H and O–H groups in total. The Kier molecular flexibility index (Phi) is 4.03. The molecular formula is C12H18N2S. The number of hydrogen-bond donors (Lipinski definition) is 1. The molecule has 3 heteroatoms. The monoisotopic (exact) mass is 222 g/mol. The maximum atomic E-state index is 6.22. The van der Waals surface area contributed by atoms with Crippen molar-refractivity contribution >= 4 is 11.8 Å². The lowest BCUT2D eigenvalue weighted by Crippen LogP contribution is -2.36. The van der Waals surface area contributed by atoms with Crippen molar-refractivity contribution < 1.29 is 0 Å². The summed E-state index contributed by atoms with van der Waals surface area (Å²) < 4.78 is 0. The smallest absolute Gasteiger partial charge is 0.0419 e. The average Bonchev–Trinajstić information content (AvgIpc) is 2.31. The van der Waals surface area contributed by atoms with E-state index in [1.807, 2.05) is 30.1 Å². The summed E-state index contributed by atoms with van der Waals surface area (Å²) in [4.78, 5) is 4.32. The molecule has 82 valence electrons. The number of nitrogens with zero attached hydrogens (tertiary/aromatic N) is 1. The Bertz CT molecular complexity index is 283. The average molecular weight is 222 g/mol. The molecule has 0 bridgehead atoms. The fourth-order valence-corrected chi connectivity index (χ4v) is 3.35. The van der Waals surface area contributed by atoms with E-state index in [-0.39, 0.29) is 6.04 Å². The second-order valence-corrected chi connectivity index (χ2v) is 5.44. The van der Waals surface area contributed by atoms with E-state index in [0.717, 1.165) is 12.1 Å². The second-order valence-electron chi connectivity index (χ2n) is 4.09. The molecule has 0 aromatic carbocycles. The van der Waals surface area contributed by atoms with E-state index in [0.29, 0.717) is 5.25 Å². The first-order chi connectivity index (χ1) is 7.36. The molecule has 2 nitrogen and oxygen atoms in total. The van der Waals surface area contributed by atoms with E-state index in [9.17, 15) is 0 Å². The van der Waals surface area contributed by atoms with Gasteiger partial charge in [0.25, 0.3) is 0 Å². The Balaban J connectivity index is 1.88. The Morgan fingerprint density at radius 3 is 3.07 bits per heavy atom.